The maximum Gasteiger partial charge on any atom is 0.188 e. The second kappa shape index (κ2) is 4.97. The van der Waals surface area contributed by atoms with Gasteiger partial charge in [-0.15, -0.1) is 0 Å². The van der Waals surface area contributed by atoms with E-state index in [1.165, 1.54) is 5.56 Å². The molecule has 3 rings (SSSR count). The van der Waals surface area contributed by atoms with Crippen molar-refractivity contribution >= 4 is 11.5 Å². The highest BCUT2D eigenvalue weighted by molar-refractivity contribution is 6.10. The lowest BCUT2D eigenvalue weighted by atomic mass is 9.84. The van der Waals surface area contributed by atoms with E-state index in [9.17, 15) is 4.79 Å². The van der Waals surface area contributed by atoms with E-state index in [4.69, 9.17) is 0 Å². The van der Waals surface area contributed by atoms with E-state index in [0.29, 0.717) is 12.0 Å². The van der Waals surface area contributed by atoms with Crippen LogP contribution >= 0.6 is 0 Å². The highest BCUT2D eigenvalue weighted by Crippen LogP contribution is 2.34. The summed E-state index contributed by atoms with van der Waals surface area (Å²) in [6.45, 7) is 5.98. The Hall–Kier alpha value is -2.35. The van der Waals surface area contributed by atoms with Crippen LogP contribution in [0.5, 0.6) is 0 Å². The predicted octanol–water partition coefficient (Wildman–Crippen LogP) is 4.29. The predicted molar refractivity (Wildman–Crippen MR) is 82.1 cm³/mol. The molecule has 2 nitrogen and oxygen atoms in total. The minimum Gasteiger partial charge on any atom is -0.378 e. The van der Waals surface area contributed by atoms with Crippen LogP contribution < -0.4 is 5.32 Å². The maximum absolute atomic E-state index is 12.1. The molecule has 0 aromatic heterocycles. The van der Waals surface area contributed by atoms with Crippen molar-refractivity contribution in [3.8, 4) is 0 Å². The van der Waals surface area contributed by atoms with Crippen LogP contribution in [0, 0.1) is 6.92 Å². The fourth-order valence-electron chi connectivity index (χ4n) is 2.63. The summed E-state index contributed by atoms with van der Waals surface area (Å²) in [4.78, 5) is 12.1. The van der Waals surface area contributed by atoms with Gasteiger partial charge in [0.1, 0.15) is 0 Å². The molecule has 100 valence electrons. The van der Waals surface area contributed by atoms with Gasteiger partial charge in [-0.25, -0.2) is 0 Å². The second-order valence-electron chi connectivity index (χ2n) is 5.29. The smallest absolute Gasteiger partial charge is 0.188 e. The van der Waals surface area contributed by atoms with Crippen molar-refractivity contribution in [1.29, 1.82) is 0 Å². The van der Waals surface area contributed by atoms with Crippen LogP contribution in [0.15, 0.2) is 60.7 Å². The molecule has 2 aromatic rings. The number of carbonyl (C=O) groups is 1. The van der Waals surface area contributed by atoms with Crippen LogP contribution in [0.1, 0.15) is 33.9 Å². The van der Waals surface area contributed by atoms with Crippen LogP contribution in [0.3, 0.4) is 0 Å². The number of fused-ring (bicyclic) bond motifs is 1. The fourth-order valence-corrected chi connectivity index (χ4v) is 2.63. The number of hydrogen-bond donors (Lipinski definition) is 1. The molecule has 2 aromatic carbocycles. The average molecular weight is 263 g/mol. The van der Waals surface area contributed by atoms with E-state index in [1.54, 1.807) is 0 Å². The quantitative estimate of drug-likeness (QED) is 0.819. The van der Waals surface area contributed by atoms with Gasteiger partial charge in [0.2, 0.25) is 0 Å². The Morgan fingerprint density at radius 3 is 2.55 bits per heavy atom. The molecule has 1 aliphatic rings. The van der Waals surface area contributed by atoms with E-state index in [1.807, 2.05) is 24.3 Å². The lowest BCUT2D eigenvalue weighted by Gasteiger charge is -2.27. The molecule has 2 heteroatoms. The van der Waals surface area contributed by atoms with Crippen molar-refractivity contribution in [2.45, 2.75) is 19.4 Å². The first-order chi connectivity index (χ1) is 9.65. The fraction of sp³-hybridized carbons (Fsp3) is 0.167. The van der Waals surface area contributed by atoms with Gasteiger partial charge in [-0.2, -0.15) is 0 Å². The molecule has 1 atom stereocenters. The number of carbonyl (C=O) groups excluding carboxylic acids is 1. The number of rotatable bonds is 2. The van der Waals surface area contributed by atoms with Crippen LogP contribution in [0.25, 0.3) is 0 Å². The average Bonchev–Trinajstić information content (AvgIpc) is 2.47. The molecule has 0 aliphatic heterocycles. The first kappa shape index (κ1) is 12.7. The van der Waals surface area contributed by atoms with E-state index in [2.05, 4.69) is 43.1 Å². The Balaban J connectivity index is 1.94. The van der Waals surface area contributed by atoms with Crippen LogP contribution in [-0.4, -0.2) is 5.78 Å². The van der Waals surface area contributed by atoms with Crippen molar-refractivity contribution in [1.82, 2.24) is 0 Å². The number of benzene rings is 2. The molecule has 1 unspecified atom stereocenters. The molecule has 20 heavy (non-hydrogen) atoms. The monoisotopic (exact) mass is 263 g/mol. The Labute approximate surface area is 119 Å². The van der Waals surface area contributed by atoms with Gasteiger partial charge >= 0.3 is 0 Å². The summed E-state index contributed by atoms with van der Waals surface area (Å²) in [7, 11) is 0. The Kier molecular flexibility index (Phi) is 3.15. The third-order valence-electron chi connectivity index (χ3n) is 3.74. The highest BCUT2D eigenvalue weighted by atomic mass is 16.1. The summed E-state index contributed by atoms with van der Waals surface area (Å²) < 4.78 is 0. The maximum atomic E-state index is 12.1. The zero-order valence-electron chi connectivity index (χ0n) is 11.5. The summed E-state index contributed by atoms with van der Waals surface area (Å²) in [5.41, 5.74) is 4.81. The lowest BCUT2D eigenvalue weighted by molar-refractivity contribution is 0.102. The highest BCUT2D eigenvalue weighted by Gasteiger charge is 2.27. The standard InChI is InChI=1S/C18H17NO/c1-12-7-9-14(10-8-12)19-17-11-13(2)18(20)16-6-4-3-5-15(16)17/h3-10,17,19H,2,11H2,1H3. The topological polar surface area (TPSA) is 29.1 Å². The summed E-state index contributed by atoms with van der Waals surface area (Å²) in [6, 6.07) is 16.2. The van der Waals surface area contributed by atoms with Crippen LogP contribution in [0.2, 0.25) is 0 Å². The molecule has 0 bridgehead atoms. The number of aryl methyl sites for hydroxylation is 1. The molecule has 1 N–H and O–H groups in total. The largest absolute Gasteiger partial charge is 0.378 e. The SMILES string of the molecule is C=C1CC(Nc2ccc(C)cc2)c2ccccc2C1=O. The Bertz CT molecular complexity index is 670. The molecule has 0 spiro atoms. The van der Waals surface area contributed by atoms with Crippen LogP contribution in [-0.2, 0) is 0 Å². The molecule has 0 heterocycles. The normalized spacial score (nSPS) is 17.8. The van der Waals surface area contributed by atoms with E-state index in [0.717, 1.165) is 16.8 Å². The number of nitrogens with one attached hydrogen (secondary N) is 1. The Morgan fingerprint density at radius 1 is 1.10 bits per heavy atom. The van der Waals surface area contributed by atoms with E-state index < -0.39 is 0 Å². The molecule has 0 radical (unpaired) electrons. The zero-order valence-corrected chi connectivity index (χ0v) is 11.5. The second-order valence-corrected chi connectivity index (χ2v) is 5.29. The van der Waals surface area contributed by atoms with Crippen molar-refractivity contribution in [3.63, 3.8) is 0 Å². The summed E-state index contributed by atoms with van der Waals surface area (Å²) >= 11 is 0. The van der Waals surface area contributed by atoms with E-state index >= 15 is 0 Å². The van der Waals surface area contributed by atoms with Crippen molar-refractivity contribution < 1.29 is 4.79 Å². The zero-order chi connectivity index (χ0) is 14.1. The first-order valence-electron chi connectivity index (χ1n) is 6.80. The molecule has 0 amide bonds. The number of ketones is 1. The van der Waals surface area contributed by atoms with Crippen molar-refractivity contribution in [2.24, 2.45) is 0 Å². The molecular weight excluding hydrogens is 246 g/mol. The number of hydrogen-bond acceptors (Lipinski definition) is 2. The summed E-state index contributed by atoms with van der Waals surface area (Å²) in [5.74, 6) is 0.0718. The van der Waals surface area contributed by atoms with E-state index in [-0.39, 0.29) is 11.8 Å². The number of anilines is 1. The molecule has 0 saturated heterocycles. The molecule has 0 saturated carbocycles. The lowest BCUT2D eigenvalue weighted by Crippen LogP contribution is -2.22. The minimum absolute atomic E-state index is 0.0718. The van der Waals surface area contributed by atoms with Gasteiger partial charge in [-0.3, -0.25) is 4.79 Å². The summed E-state index contributed by atoms with van der Waals surface area (Å²) in [6.07, 6.45) is 0.656. The van der Waals surface area contributed by atoms with Gasteiger partial charge in [-0.1, -0.05) is 48.5 Å². The van der Waals surface area contributed by atoms with Crippen molar-refractivity contribution in [2.75, 3.05) is 5.32 Å². The van der Waals surface area contributed by atoms with Gasteiger partial charge in [0, 0.05) is 17.7 Å². The van der Waals surface area contributed by atoms with Gasteiger partial charge in [0.15, 0.2) is 5.78 Å². The third-order valence-corrected chi connectivity index (χ3v) is 3.74. The number of Topliss-reactive ketones (excluding diaryl/α,β-unsaturated/α-hetero) is 1. The molecular formula is C18H17NO. The van der Waals surface area contributed by atoms with Gasteiger partial charge in [0.25, 0.3) is 0 Å². The summed E-state index contributed by atoms with van der Waals surface area (Å²) in [5, 5.41) is 3.50. The van der Waals surface area contributed by atoms with Crippen LogP contribution in [0.4, 0.5) is 5.69 Å². The van der Waals surface area contributed by atoms with Crippen molar-refractivity contribution in [3.05, 3.63) is 77.4 Å². The molecule has 1 aliphatic carbocycles. The molecule has 0 fully saturated rings. The minimum atomic E-state index is 0.0718. The van der Waals surface area contributed by atoms with Gasteiger partial charge < -0.3 is 5.32 Å². The first-order valence-corrected chi connectivity index (χ1v) is 6.80. The third kappa shape index (κ3) is 2.25. The van der Waals surface area contributed by atoms with Gasteiger partial charge in [-0.05, 0) is 30.2 Å². The Morgan fingerprint density at radius 2 is 1.80 bits per heavy atom. The van der Waals surface area contributed by atoms with Gasteiger partial charge in [0.05, 0.1) is 6.04 Å².